The number of nitrogens with zero attached hydrogens (tertiary/aromatic N) is 3. The number of hydrogen-bond acceptors (Lipinski definition) is 9. The monoisotopic (exact) mass is 683 g/mol. The van der Waals surface area contributed by atoms with Gasteiger partial charge >= 0.3 is 6.03 Å². The Morgan fingerprint density at radius 2 is 1.82 bits per heavy atom. The minimum absolute atomic E-state index is 0.0345. The van der Waals surface area contributed by atoms with Crippen LogP contribution in [0.3, 0.4) is 0 Å². The predicted octanol–water partition coefficient (Wildman–Crippen LogP) is 5.05. The molecule has 0 saturated carbocycles. The summed E-state index contributed by atoms with van der Waals surface area (Å²) in [6.07, 6.45) is -0.284. The molecule has 6 N–H and O–H groups in total. The summed E-state index contributed by atoms with van der Waals surface area (Å²) in [5.41, 5.74) is 10.7. The number of amides is 4. The van der Waals surface area contributed by atoms with E-state index < -0.39 is 6.03 Å². The summed E-state index contributed by atoms with van der Waals surface area (Å²) in [7, 11) is 1.99. The number of carbonyl (C=O) groups excluding carboxylic acids is 3. The first kappa shape index (κ1) is 35.9. The molecule has 0 fully saturated rings. The van der Waals surface area contributed by atoms with Crippen LogP contribution in [-0.4, -0.2) is 76.8 Å². The largest absolute Gasteiger partial charge is 0.488 e. The molecule has 2 heterocycles. The fourth-order valence-corrected chi connectivity index (χ4v) is 5.91. The Labute approximate surface area is 291 Å². The second-order valence-electron chi connectivity index (χ2n) is 12.9. The number of carbonyl (C=O) groups is 3. The zero-order valence-electron chi connectivity index (χ0n) is 29.0. The number of benzene rings is 3. The second kappa shape index (κ2) is 15.9. The molecule has 0 spiro atoms. The van der Waals surface area contributed by atoms with Crippen molar-refractivity contribution in [1.82, 2.24) is 15.0 Å². The maximum absolute atomic E-state index is 13.6. The molecule has 0 aliphatic carbocycles. The number of fused-ring (bicyclic) bond motifs is 1. The minimum Gasteiger partial charge on any atom is -0.488 e. The van der Waals surface area contributed by atoms with E-state index in [4.69, 9.17) is 15.0 Å². The van der Waals surface area contributed by atoms with Gasteiger partial charge in [-0.1, -0.05) is 36.3 Å². The van der Waals surface area contributed by atoms with Crippen molar-refractivity contribution in [3.05, 3.63) is 94.9 Å². The molecular weight excluding hydrogens is 638 g/mol. The molecule has 1 aromatic heterocycles. The van der Waals surface area contributed by atoms with Crippen LogP contribution in [0, 0.1) is 19.8 Å². The van der Waals surface area contributed by atoms with E-state index in [2.05, 4.69) is 26.0 Å². The standard InChI is InChI=1S/C37H45N7O6/c1-22-18-44(23(2)21-45)34(46)17-28-16-29(39-37(48)41-35-24(3)42-50-25(35)4)14-15-32(28)49-33(22)20-43(5)19-26-10-12-27(13-11-26)36(47)40-31-9-7-6-8-30(31)38/h6-16,22-23,33,45H,17-21,38H2,1-5H3,(H,40,47)(H2,39,41,48)/t22-,23+,33-/m0/s1. The van der Waals surface area contributed by atoms with Gasteiger partial charge in [-0.15, -0.1) is 0 Å². The van der Waals surface area contributed by atoms with Crippen molar-refractivity contribution >= 4 is 40.6 Å². The number of nitrogens with two attached hydrogens (primary N) is 1. The molecule has 264 valence electrons. The number of aliphatic hydroxyl groups is 1. The highest BCUT2D eigenvalue weighted by Gasteiger charge is 2.31. The van der Waals surface area contributed by atoms with Crippen LogP contribution in [0.25, 0.3) is 0 Å². The van der Waals surface area contributed by atoms with Gasteiger partial charge in [0.1, 0.15) is 23.2 Å². The Balaban J connectivity index is 1.30. The van der Waals surface area contributed by atoms with Crippen LogP contribution in [0.5, 0.6) is 5.75 Å². The van der Waals surface area contributed by atoms with Gasteiger partial charge < -0.3 is 41.0 Å². The maximum Gasteiger partial charge on any atom is 0.323 e. The van der Waals surface area contributed by atoms with Gasteiger partial charge in [0, 0.05) is 42.4 Å². The molecule has 3 atom stereocenters. The highest BCUT2D eigenvalue weighted by molar-refractivity contribution is 6.05. The van der Waals surface area contributed by atoms with Crippen molar-refractivity contribution in [2.45, 2.75) is 52.8 Å². The summed E-state index contributed by atoms with van der Waals surface area (Å²) in [6, 6.07) is 18.9. The van der Waals surface area contributed by atoms with E-state index in [1.807, 2.05) is 45.2 Å². The van der Waals surface area contributed by atoms with Crippen molar-refractivity contribution in [2.24, 2.45) is 5.92 Å². The number of rotatable bonds is 10. The Bertz CT molecular complexity index is 1810. The zero-order chi connectivity index (χ0) is 35.9. The van der Waals surface area contributed by atoms with Gasteiger partial charge in [0.15, 0.2) is 5.76 Å². The van der Waals surface area contributed by atoms with E-state index in [0.29, 0.717) is 70.7 Å². The number of aliphatic hydroxyl groups excluding tert-OH is 1. The normalized spacial score (nSPS) is 16.8. The highest BCUT2D eigenvalue weighted by Crippen LogP contribution is 2.30. The Morgan fingerprint density at radius 1 is 1.08 bits per heavy atom. The predicted molar refractivity (Wildman–Crippen MR) is 192 cm³/mol. The molecule has 4 amide bonds. The summed E-state index contributed by atoms with van der Waals surface area (Å²) in [5.74, 6) is 0.562. The third-order valence-corrected chi connectivity index (χ3v) is 8.82. The number of likely N-dealkylation sites (N-methyl/N-ethyl adjacent to an activating group) is 1. The van der Waals surface area contributed by atoms with Crippen LogP contribution in [0.15, 0.2) is 71.3 Å². The van der Waals surface area contributed by atoms with E-state index in [1.165, 1.54) is 0 Å². The molecule has 0 saturated heterocycles. The third-order valence-electron chi connectivity index (χ3n) is 8.82. The van der Waals surface area contributed by atoms with Gasteiger partial charge in [-0.05, 0) is 75.8 Å². The smallest absolute Gasteiger partial charge is 0.323 e. The number of nitrogens with one attached hydrogen (secondary N) is 3. The lowest BCUT2D eigenvalue weighted by atomic mass is 10.0. The third kappa shape index (κ3) is 8.79. The lowest BCUT2D eigenvalue weighted by Gasteiger charge is -2.34. The molecule has 3 aromatic carbocycles. The van der Waals surface area contributed by atoms with Gasteiger partial charge in [-0.2, -0.15) is 0 Å². The number of aryl methyl sites for hydroxylation is 2. The first-order valence-electron chi connectivity index (χ1n) is 16.6. The maximum atomic E-state index is 13.6. The minimum atomic E-state index is -0.479. The fraction of sp³-hybridized carbons (Fsp3) is 0.351. The van der Waals surface area contributed by atoms with E-state index in [0.717, 1.165) is 5.56 Å². The van der Waals surface area contributed by atoms with Crippen LogP contribution in [0.4, 0.5) is 27.5 Å². The molecule has 5 rings (SSSR count). The van der Waals surface area contributed by atoms with Gasteiger partial charge in [0.05, 0.1) is 30.4 Å². The number of anilines is 4. The molecule has 13 heteroatoms. The average molecular weight is 684 g/mol. The van der Waals surface area contributed by atoms with Crippen LogP contribution in [0.2, 0.25) is 0 Å². The molecule has 0 unspecified atom stereocenters. The molecule has 4 aromatic rings. The van der Waals surface area contributed by atoms with E-state index in [1.54, 1.807) is 61.2 Å². The van der Waals surface area contributed by atoms with E-state index >= 15 is 0 Å². The lowest BCUT2D eigenvalue weighted by Crippen LogP contribution is -2.47. The van der Waals surface area contributed by atoms with E-state index in [9.17, 15) is 19.5 Å². The highest BCUT2D eigenvalue weighted by atomic mass is 16.5. The Morgan fingerprint density at radius 3 is 2.50 bits per heavy atom. The van der Waals surface area contributed by atoms with Crippen LogP contribution in [-0.2, 0) is 17.8 Å². The number of aromatic nitrogens is 1. The van der Waals surface area contributed by atoms with Crippen molar-refractivity contribution < 1.29 is 28.8 Å². The summed E-state index contributed by atoms with van der Waals surface area (Å²) in [5, 5.41) is 22.3. The van der Waals surface area contributed by atoms with Gasteiger partial charge in [0.2, 0.25) is 5.91 Å². The van der Waals surface area contributed by atoms with Gasteiger partial charge in [-0.3, -0.25) is 14.5 Å². The Kier molecular flexibility index (Phi) is 11.4. The Hall–Kier alpha value is -5.40. The summed E-state index contributed by atoms with van der Waals surface area (Å²) < 4.78 is 11.8. The van der Waals surface area contributed by atoms with Gasteiger partial charge in [-0.25, -0.2) is 4.79 Å². The number of hydrogen-bond donors (Lipinski definition) is 5. The molecule has 13 nitrogen and oxygen atoms in total. The summed E-state index contributed by atoms with van der Waals surface area (Å²) in [4.78, 5) is 43.1. The van der Waals surface area contributed by atoms with Crippen molar-refractivity contribution in [3.8, 4) is 5.75 Å². The number of nitrogen functional groups attached to an aromatic ring is 1. The first-order chi connectivity index (χ1) is 23.9. The van der Waals surface area contributed by atoms with Crippen molar-refractivity contribution in [3.63, 3.8) is 0 Å². The number of para-hydroxylation sites is 2. The molecule has 1 aliphatic heterocycles. The van der Waals surface area contributed by atoms with Crippen molar-refractivity contribution in [2.75, 3.05) is 48.4 Å². The molecular formula is C37H45N7O6. The molecule has 0 bridgehead atoms. The number of urea groups is 1. The topological polar surface area (TPSA) is 175 Å². The first-order valence-corrected chi connectivity index (χ1v) is 16.6. The van der Waals surface area contributed by atoms with E-state index in [-0.39, 0.29) is 42.9 Å². The van der Waals surface area contributed by atoms with Crippen LogP contribution >= 0.6 is 0 Å². The summed E-state index contributed by atoms with van der Waals surface area (Å²) in [6.45, 7) is 8.65. The number of ether oxygens (including phenoxy) is 1. The quantitative estimate of drug-likeness (QED) is 0.143. The summed E-state index contributed by atoms with van der Waals surface area (Å²) >= 11 is 0. The average Bonchev–Trinajstić information content (AvgIpc) is 3.42. The van der Waals surface area contributed by atoms with Gasteiger partial charge in [0.25, 0.3) is 5.91 Å². The van der Waals surface area contributed by atoms with Crippen LogP contribution in [0.1, 0.15) is 46.8 Å². The zero-order valence-corrected chi connectivity index (χ0v) is 29.0. The molecule has 50 heavy (non-hydrogen) atoms. The lowest BCUT2D eigenvalue weighted by molar-refractivity contribution is -0.134. The van der Waals surface area contributed by atoms with Crippen molar-refractivity contribution in [1.29, 1.82) is 0 Å². The van der Waals surface area contributed by atoms with Crippen LogP contribution < -0.4 is 26.4 Å². The fourth-order valence-electron chi connectivity index (χ4n) is 5.91. The second-order valence-corrected chi connectivity index (χ2v) is 12.9. The molecule has 0 radical (unpaired) electrons. The SMILES string of the molecule is Cc1noc(C)c1NC(=O)Nc1ccc2c(c1)CC(=O)N([C@H](C)CO)C[C@H](C)[C@H](CN(C)Cc1ccc(C(=O)Nc3ccccc3N)cc1)O2. The molecule has 1 aliphatic rings.